The number of carboxylic acid groups (broad SMARTS) is 1. The Morgan fingerprint density at radius 2 is 1.96 bits per heavy atom. The average molecular weight is 348 g/mol. The highest BCUT2D eigenvalue weighted by molar-refractivity contribution is 5.89. The fourth-order valence-corrected chi connectivity index (χ4v) is 2.80. The largest absolute Gasteiger partial charge is 0.481 e. The fraction of sp³-hybridized carbons (Fsp3) is 0.500. The van der Waals surface area contributed by atoms with Crippen LogP contribution >= 0.6 is 0 Å². The predicted molar refractivity (Wildman–Crippen MR) is 90.8 cm³/mol. The Kier molecular flexibility index (Phi) is 6.01. The number of hydrogen-bond acceptors (Lipinski definition) is 4. The molecule has 2 N–H and O–H groups in total. The van der Waals surface area contributed by atoms with Crippen molar-refractivity contribution >= 4 is 18.0 Å². The lowest BCUT2D eigenvalue weighted by Crippen LogP contribution is -2.49. The molecule has 1 aromatic rings. The summed E-state index contributed by atoms with van der Waals surface area (Å²) in [7, 11) is 0. The summed E-state index contributed by atoms with van der Waals surface area (Å²) in [6.07, 6.45) is -0.436. The van der Waals surface area contributed by atoms with Crippen molar-refractivity contribution < 1.29 is 24.2 Å². The van der Waals surface area contributed by atoms with E-state index in [4.69, 9.17) is 9.84 Å². The van der Waals surface area contributed by atoms with Gasteiger partial charge in [0.25, 0.3) is 0 Å². The van der Waals surface area contributed by atoms with Crippen molar-refractivity contribution in [2.75, 3.05) is 13.1 Å². The van der Waals surface area contributed by atoms with Crippen LogP contribution < -0.4 is 5.32 Å². The summed E-state index contributed by atoms with van der Waals surface area (Å²) >= 11 is 0. The van der Waals surface area contributed by atoms with Gasteiger partial charge in [-0.25, -0.2) is 4.79 Å². The number of likely N-dealkylation sites (tertiary alicyclic amines) is 1. The van der Waals surface area contributed by atoms with E-state index in [-0.39, 0.29) is 17.9 Å². The zero-order chi connectivity index (χ0) is 18.4. The first-order valence-electron chi connectivity index (χ1n) is 8.25. The van der Waals surface area contributed by atoms with Crippen LogP contribution in [0.3, 0.4) is 0 Å². The van der Waals surface area contributed by atoms with Gasteiger partial charge in [0.15, 0.2) is 0 Å². The molecule has 0 radical (unpaired) electrons. The summed E-state index contributed by atoms with van der Waals surface area (Å²) < 4.78 is 5.08. The van der Waals surface area contributed by atoms with Gasteiger partial charge in [-0.05, 0) is 17.4 Å². The van der Waals surface area contributed by atoms with Crippen LogP contribution in [0.1, 0.15) is 32.3 Å². The van der Waals surface area contributed by atoms with Gasteiger partial charge in [-0.2, -0.15) is 0 Å². The van der Waals surface area contributed by atoms with Crippen LogP contribution in [0.4, 0.5) is 4.79 Å². The van der Waals surface area contributed by atoms with Crippen LogP contribution in [-0.2, 0) is 20.9 Å². The van der Waals surface area contributed by atoms with Gasteiger partial charge in [-0.3, -0.25) is 9.59 Å². The van der Waals surface area contributed by atoms with Crippen molar-refractivity contribution in [2.45, 2.75) is 39.3 Å². The van der Waals surface area contributed by atoms with E-state index in [1.807, 2.05) is 32.0 Å². The molecule has 0 spiro atoms. The molecule has 0 aromatic heterocycles. The number of rotatable bonds is 6. The van der Waals surface area contributed by atoms with Gasteiger partial charge < -0.3 is 20.1 Å². The van der Waals surface area contributed by atoms with Crippen LogP contribution in [-0.4, -0.2) is 47.1 Å². The van der Waals surface area contributed by atoms with Gasteiger partial charge in [0, 0.05) is 13.1 Å². The van der Waals surface area contributed by atoms with Crippen molar-refractivity contribution in [3.8, 4) is 0 Å². The number of carbonyl (C=O) groups is 3. The van der Waals surface area contributed by atoms with Crippen LogP contribution in [0.2, 0.25) is 0 Å². The molecule has 1 aromatic carbocycles. The maximum absolute atomic E-state index is 12.6. The number of nitrogens with one attached hydrogen (secondary N) is 1. The van der Waals surface area contributed by atoms with E-state index in [0.29, 0.717) is 13.1 Å². The number of carboxylic acids is 1. The summed E-state index contributed by atoms with van der Waals surface area (Å²) in [5.41, 5.74) is 0.803. The third-order valence-corrected chi connectivity index (χ3v) is 4.17. The summed E-state index contributed by atoms with van der Waals surface area (Å²) in [4.78, 5) is 37.2. The number of hydrogen-bond donors (Lipinski definition) is 2. The fourth-order valence-electron chi connectivity index (χ4n) is 2.80. The second-order valence-electron chi connectivity index (χ2n) is 7.03. The molecule has 1 aliphatic rings. The number of amides is 2. The first kappa shape index (κ1) is 18.8. The SMILES string of the molecule is CC1(C)CCN(C(=O)C(CC(=O)O)NC(=O)OCc2ccccc2)C1. The highest BCUT2D eigenvalue weighted by Gasteiger charge is 2.36. The molecule has 0 aliphatic carbocycles. The Morgan fingerprint density at radius 3 is 2.52 bits per heavy atom. The molecular formula is C18H24N2O5. The highest BCUT2D eigenvalue weighted by Crippen LogP contribution is 2.29. The molecule has 1 atom stereocenters. The number of ether oxygens (including phenoxy) is 1. The van der Waals surface area contributed by atoms with Crippen molar-refractivity contribution in [3.63, 3.8) is 0 Å². The minimum atomic E-state index is -1.15. The Morgan fingerprint density at radius 1 is 1.28 bits per heavy atom. The molecule has 0 bridgehead atoms. The monoisotopic (exact) mass is 348 g/mol. The number of carbonyl (C=O) groups excluding carboxylic acids is 2. The van der Waals surface area contributed by atoms with E-state index in [2.05, 4.69) is 5.32 Å². The molecule has 7 heteroatoms. The molecule has 1 fully saturated rings. The molecule has 1 aliphatic heterocycles. The summed E-state index contributed by atoms with van der Waals surface area (Å²) in [6, 6.07) is 7.97. The molecule has 2 rings (SSSR count). The van der Waals surface area contributed by atoms with Crippen LogP contribution in [0.5, 0.6) is 0 Å². The second-order valence-corrected chi connectivity index (χ2v) is 7.03. The lowest BCUT2D eigenvalue weighted by Gasteiger charge is -2.24. The normalized spacial score (nSPS) is 17.0. The molecule has 1 heterocycles. The van der Waals surface area contributed by atoms with E-state index < -0.39 is 24.5 Å². The maximum Gasteiger partial charge on any atom is 0.408 e. The van der Waals surface area contributed by atoms with Crippen LogP contribution in [0.25, 0.3) is 0 Å². The molecule has 7 nitrogen and oxygen atoms in total. The van der Waals surface area contributed by atoms with E-state index in [9.17, 15) is 14.4 Å². The summed E-state index contributed by atoms with van der Waals surface area (Å²) in [5.74, 6) is -1.54. The number of nitrogens with zero attached hydrogens (tertiary/aromatic N) is 1. The Labute approximate surface area is 147 Å². The third kappa shape index (κ3) is 5.77. The summed E-state index contributed by atoms with van der Waals surface area (Å²) in [6.45, 7) is 5.25. The van der Waals surface area contributed by atoms with E-state index >= 15 is 0 Å². The predicted octanol–water partition coefficient (Wildman–Crippen LogP) is 2.01. The molecule has 1 saturated heterocycles. The van der Waals surface area contributed by atoms with Gasteiger partial charge in [-0.15, -0.1) is 0 Å². The van der Waals surface area contributed by atoms with Gasteiger partial charge in [0.2, 0.25) is 5.91 Å². The first-order chi connectivity index (χ1) is 11.8. The Balaban J connectivity index is 1.93. The smallest absolute Gasteiger partial charge is 0.408 e. The standard InChI is InChI=1S/C18H24N2O5/c1-18(2)8-9-20(12-18)16(23)14(10-15(21)22)19-17(24)25-11-13-6-4-3-5-7-13/h3-7,14H,8-12H2,1-2H3,(H,19,24)(H,21,22). The highest BCUT2D eigenvalue weighted by atomic mass is 16.5. The van der Waals surface area contributed by atoms with E-state index in [1.54, 1.807) is 17.0 Å². The zero-order valence-corrected chi connectivity index (χ0v) is 14.5. The van der Waals surface area contributed by atoms with E-state index in [0.717, 1.165) is 12.0 Å². The molecule has 2 amide bonds. The Hall–Kier alpha value is -2.57. The third-order valence-electron chi connectivity index (χ3n) is 4.17. The van der Waals surface area contributed by atoms with Crippen molar-refractivity contribution in [3.05, 3.63) is 35.9 Å². The maximum atomic E-state index is 12.6. The summed E-state index contributed by atoms with van der Waals surface area (Å²) in [5, 5.41) is 11.4. The topological polar surface area (TPSA) is 95.9 Å². The average Bonchev–Trinajstić information content (AvgIpc) is 2.92. The molecule has 1 unspecified atom stereocenters. The van der Waals surface area contributed by atoms with Gasteiger partial charge in [0.1, 0.15) is 12.6 Å². The lowest BCUT2D eigenvalue weighted by molar-refractivity contribution is -0.142. The van der Waals surface area contributed by atoms with Crippen LogP contribution in [0, 0.1) is 5.41 Å². The zero-order valence-electron chi connectivity index (χ0n) is 14.5. The first-order valence-corrected chi connectivity index (χ1v) is 8.25. The van der Waals surface area contributed by atoms with Crippen molar-refractivity contribution in [1.82, 2.24) is 10.2 Å². The van der Waals surface area contributed by atoms with E-state index in [1.165, 1.54) is 0 Å². The molecule has 0 saturated carbocycles. The quantitative estimate of drug-likeness (QED) is 0.820. The number of alkyl carbamates (subject to hydrolysis) is 1. The molecule has 136 valence electrons. The minimum Gasteiger partial charge on any atom is -0.481 e. The van der Waals surface area contributed by atoms with Crippen molar-refractivity contribution in [1.29, 1.82) is 0 Å². The van der Waals surface area contributed by atoms with Gasteiger partial charge in [0.05, 0.1) is 6.42 Å². The van der Waals surface area contributed by atoms with Crippen molar-refractivity contribution in [2.24, 2.45) is 5.41 Å². The second kappa shape index (κ2) is 8.00. The van der Waals surface area contributed by atoms with Crippen LogP contribution in [0.15, 0.2) is 30.3 Å². The molecular weight excluding hydrogens is 324 g/mol. The van der Waals surface area contributed by atoms with Gasteiger partial charge >= 0.3 is 12.1 Å². The lowest BCUT2D eigenvalue weighted by atomic mass is 9.93. The Bertz CT molecular complexity index is 630. The molecule has 25 heavy (non-hydrogen) atoms. The van der Waals surface area contributed by atoms with Gasteiger partial charge in [-0.1, -0.05) is 44.2 Å². The number of benzene rings is 1. The minimum absolute atomic E-state index is 0.00273. The number of aliphatic carboxylic acids is 1.